The Morgan fingerprint density at radius 3 is 1.67 bits per heavy atom. The van der Waals surface area contributed by atoms with E-state index in [1.54, 1.807) is 0 Å². The van der Waals surface area contributed by atoms with Crippen LogP contribution in [0.15, 0.2) is 12.2 Å². The molecule has 5 nitrogen and oxygen atoms in total. The monoisotopic (exact) mass is 511 g/mol. The number of allylic oxidation sites excluding steroid dienone is 2. The Hall–Kier alpha value is -0.910. The predicted octanol–water partition coefficient (Wildman–Crippen LogP) is 7.36. The zero-order valence-corrected chi connectivity index (χ0v) is 23.9. The lowest BCUT2D eigenvalue weighted by atomic mass is 10.0. The van der Waals surface area contributed by atoms with E-state index in [0.29, 0.717) is 12.8 Å². The van der Waals surface area contributed by atoms with Gasteiger partial charge in [-0.2, -0.15) is 0 Å². The van der Waals surface area contributed by atoms with Gasteiger partial charge in [0.2, 0.25) is 5.91 Å². The van der Waals surface area contributed by atoms with Crippen LogP contribution in [-0.2, 0) is 4.79 Å². The van der Waals surface area contributed by atoms with E-state index < -0.39 is 18.2 Å². The molecule has 214 valence electrons. The summed E-state index contributed by atoms with van der Waals surface area (Å²) in [6.45, 7) is 4.16. The van der Waals surface area contributed by atoms with Gasteiger partial charge >= 0.3 is 0 Å². The average Bonchev–Trinajstić information content (AvgIpc) is 2.86. The Balaban J connectivity index is 3.75. The summed E-state index contributed by atoms with van der Waals surface area (Å²) in [7, 11) is 0. The van der Waals surface area contributed by atoms with Crippen molar-refractivity contribution >= 4 is 5.91 Å². The van der Waals surface area contributed by atoms with Crippen molar-refractivity contribution in [2.75, 3.05) is 6.61 Å². The maximum Gasteiger partial charge on any atom is 0.222 e. The number of nitrogens with one attached hydrogen (secondary N) is 1. The van der Waals surface area contributed by atoms with Gasteiger partial charge in [0, 0.05) is 0 Å². The molecule has 0 aliphatic rings. The van der Waals surface area contributed by atoms with Crippen molar-refractivity contribution < 1.29 is 20.1 Å². The first-order valence-electron chi connectivity index (χ1n) is 15.5. The van der Waals surface area contributed by atoms with E-state index in [2.05, 4.69) is 31.3 Å². The largest absolute Gasteiger partial charge is 0.394 e. The fourth-order valence-electron chi connectivity index (χ4n) is 4.62. The molecule has 0 saturated carbocycles. The van der Waals surface area contributed by atoms with Crippen LogP contribution in [0.4, 0.5) is 0 Å². The standard InChI is InChI=1S/C31H61NO4/c1-3-5-7-9-11-13-14-15-16-17-19-21-23-25-30(35)29(27-33)32-31(36)26-28(34)24-22-20-18-12-10-8-6-4-2/h10,12,28-30,33-35H,3-9,11,13-27H2,1-2H3,(H,32,36)/b12-10-. The van der Waals surface area contributed by atoms with E-state index >= 15 is 0 Å². The molecule has 0 aliphatic carbocycles. The summed E-state index contributed by atoms with van der Waals surface area (Å²) in [5, 5.41) is 32.9. The number of carbonyl (C=O) groups excluding carboxylic acids is 1. The molecule has 1 amide bonds. The molecule has 0 aromatic heterocycles. The summed E-state index contributed by atoms with van der Waals surface area (Å²) in [5.41, 5.74) is 0. The van der Waals surface area contributed by atoms with Crippen LogP contribution in [0, 0.1) is 0 Å². The minimum absolute atomic E-state index is 0.0221. The minimum Gasteiger partial charge on any atom is -0.394 e. The number of amides is 1. The van der Waals surface area contributed by atoms with Crippen LogP contribution in [0.3, 0.4) is 0 Å². The molecule has 0 aromatic rings. The number of rotatable bonds is 27. The molecule has 0 bridgehead atoms. The molecule has 0 heterocycles. The number of carbonyl (C=O) groups is 1. The Bertz CT molecular complexity index is 497. The molecular weight excluding hydrogens is 450 g/mol. The van der Waals surface area contributed by atoms with Crippen molar-refractivity contribution in [3.05, 3.63) is 12.2 Å². The molecule has 0 radical (unpaired) electrons. The number of aliphatic hydroxyl groups is 3. The molecular formula is C31H61NO4. The normalized spacial score (nSPS) is 14.2. The minimum atomic E-state index is -0.747. The number of aliphatic hydroxyl groups excluding tert-OH is 3. The molecule has 5 heteroatoms. The van der Waals surface area contributed by atoms with Crippen LogP contribution >= 0.6 is 0 Å². The molecule has 0 aromatic carbocycles. The van der Waals surface area contributed by atoms with Crippen molar-refractivity contribution in [2.45, 2.75) is 173 Å². The highest BCUT2D eigenvalue weighted by Gasteiger charge is 2.21. The third-order valence-corrected chi connectivity index (χ3v) is 7.08. The third kappa shape index (κ3) is 23.5. The van der Waals surface area contributed by atoms with Crippen molar-refractivity contribution in [1.82, 2.24) is 5.32 Å². The van der Waals surface area contributed by atoms with Gasteiger partial charge < -0.3 is 20.6 Å². The van der Waals surface area contributed by atoms with Crippen LogP contribution in [0.2, 0.25) is 0 Å². The van der Waals surface area contributed by atoms with Gasteiger partial charge in [-0.05, 0) is 32.1 Å². The number of hydrogen-bond donors (Lipinski definition) is 4. The fraction of sp³-hybridized carbons (Fsp3) is 0.903. The van der Waals surface area contributed by atoms with E-state index in [0.717, 1.165) is 38.5 Å². The summed E-state index contributed by atoms with van der Waals surface area (Å²) >= 11 is 0. The Labute approximate surface area is 223 Å². The lowest BCUT2D eigenvalue weighted by Gasteiger charge is -2.23. The molecule has 3 atom stereocenters. The maximum atomic E-state index is 12.2. The molecule has 0 saturated heterocycles. The SMILES string of the molecule is CCCC/C=C\CCCCC(O)CC(=O)NC(CO)C(O)CCCCCCCCCCCCCCC. The fourth-order valence-corrected chi connectivity index (χ4v) is 4.62. The zero-order chi connectivity index (χ0) is 26.7. The van der Waals surface area contributed by atoms with Crippen molar-refractivity contribution in [3.63, 3.8) is 0 Å². The molecule has 0 aliphatic heterocycles. The van der Waals surface area contributed by atoms with Crippen LogP contribution in [0.5, 0.6) is 0 Å². The summed E-state index contributed by atoms with van der Waals surface area (Å²) < 4.78 is 0. The zero-order valence-electron chi connectivity index (χ0n) is 23.9. The van der Waals surface area contributed by atoms with Gasteiger partial charge in [-0.1, -0.05) is 129 Å². The molecule has 0 spiro atoms. The van der Waals surface area contributed by atoms with Gasteiger partial charge in [0.05, 0.1) is 31.3 Å². The van der Waals surface area contributed by atoms with E-state index in [4.69, 9.17) is 0 Å². The Kier molecular flexibility index (Phi) is 26.4. The van der Waals surface area contributed by atoms with Gasteiger partial charge in [-0.25, -0.2) is 0 Å². The third-order valence-electron chi connectivity index (χ3n) is 7.08. The Morgan fingerprint density at radius 2 is 1.14 bits per heavy atom. The summed E-state index contributed by atoms with van der Waals surface area (Å²) in [6.07, 6.45) is 27.3. The molecule has 4 N–H and O–H groups in total. The first-order valence-corrected chi connectivity index (χ1v) is 15.5. The second-order valence-corrected chi connectivity index (χ2v) is 10.7. The topological polar surface area (TPSA) is 89.8 Å². The van der Waals surface area contributed by atoms with Gasteiger partial charge in [-0.3, -0.25) is 4.79 Å². The number of hydrogen-bond acceptors (Lipinski definition) is 4. The smallest absolute Gasteiger partial charge is 0.222 e. The van der Waals surface area contributed by atoms with E-state index in [1.807, 2.05) is 0 Å². The van der Waals surface area contributed by atoms with E-state index in [-0.39, 0.29) is 18.9 Å². The van der Waals surface area contributed by atoms with Crippen molar-refractivity contribution in [2.24, 2.45) is 0 Å². The van der Waals surface area contributed by atoms with Gasteiger partial charge in [-0.15, -0.1) is 0 Å². The molecule has 0 rings (SSSR count). The van der Waals surface area contributed by atoms with Gasteiger partial charge in [0.15, 0.2) is 0 Å². The Morgan fingerprint density at radius 1 is 0.667 bits per heavy atom. The lowest BCUT2D eigenvalue weighted by molar-refractivity contribution is -0.125. The highest BCUT2D eigenvalue weighted by molar-refractivity contribution is 5.76. The highest BCUT2D eigenvalue weighted by atomic mass is 16.3. The second kappa shape index (κ2) is 27.1. The van der Waals surface area contributed by atoms with Crippen LogP contribution in [0.1, 0.15) is 155 Å². The van der Waals surface area contributed by atoms with Crippen LogP contribution < -0.4 is 5.32 Å². The summed E-state index contributed by atoms with van der Waals surface area (Å²) in [6, 6.07) is -0.657. The second-order valence-electron chi connectivity index (χ2n) is 10.7. The lowest BCUT2D eigenvalue weighted by Crippen LogP contribution is -2.46. The molecule has 36 heavy (non-hydrogen) atoms. The average molecular weight is 512 g/mol. The first-order chi connectivity index (χ1) is 17.5. The van der Waals surface area contributed by atoms with Crippen molar-refractivity contribution in [1.29, 1.82) is 0 Å². The molecule has 0 fully saturated rings. The predicted molar refractivity (Wildman–Crippen MR) is 153 cm³/mol. The maximum absolute atomic E-state index is 12.2. The summed E-state index contributed by atoms with van der Waals surface area (Å²) in [4.78, 5) is 12.2. The quantitative estimate of drug-likeness (QED) is 0.0685. The van der Waals surface area contributed by atoms with Crippen molar-refractivity contribution in [3.8, 4) is 0 Å². The van der Waals surface area contributed by atoms with Crippen LogP contribution in [-0.4, -0.2) is 46.1 Å². The highest BCUT2D eigenvalue weighted by Crippen LogP contribution is 2.14. The molecule has 3 unspecified atom stereocenters. The van der Waals surface area contributed by atoms with Gasteiger partial charge in [0.25, 0.3) is 0 Å². The van der Waals surface area contributed by atoms with E-state index in [9.17, 15) is 20.1 Å². The number of unbranched alkanes of at least 4 members (excludes halogenated alkanes) is 16. The van der Waals surface area contributed by atoms with Crippen LogP contribution in [0.25, 0.3) is 0 Å². The first kappa shape index (κ1) is 35.1. The summed E-state index contributed by atoms with van der Waals surface area (Å²) in [5.74, 6) is -0.301. The van der Waals surface area contributed by atoms with E-state index in [1.165, 1.54) is 83.5 Å². The van der Waals surface area contributed by atoms with Gasteiger partial charge in [0.1, 0.15) is 0 Å².